The van der Waals surface area contributed by atoms with Crippen molar-refractivity contribution >= 4 is 19.4 Å². The van der Waals surface area contributed by atoms with Gasteiger partial charge in [0.1, 0.15) is 7.85 Å². The molecule has 1 atom stereocenters. The number of carbonyl (C=O) groups excluding carboxylic acids is 1. The molecule has 0 bridgehead atoms. The van der Waals surface area contributed by atoms with Crippen molar-refractivity contribution in [3.05, 3.63) is 29.8 Å². The Labute approximate surface area is 96.2 Å². The van der Waals surface area contributed by atoms with Crippen LogP contribution in [0, 0.1) is 0 Å². The average Bonchev–Trinajstić information content (AvgIpc) is 2.64. The van der Waals surface area contributed by atoms with Crippen molar-refractivity contribution in [2.24, 2.45) is 0 Å². The van der Waals surface area contributed by atoms with Gasteiger partial charge in [0.15, 0.2) is 0 Å². The highest BCUT2D eigenvalue weighted by molar-refractivity contribution is 6.19. The molecule has 2 heterocycles. The topological polar surface area (TPSA) is 32.3 Å². The Morgan fingerprint density at radius 2 is 2.19 bits per heavy atom. The molecule has 16 heavy (non-hydrogen) atoms. The molecule has 1 amide bonds. The highest BCUT2D eigenvalue weighted by Crippen LogP contribution is 2.33. The van der Waals surface area contributed by atoms with Gasteiger partial charge < -0.3 is 10.2 Å². The Kier molecular flexibility index (Phi) is 2.00. The van der Waals surface area contributed by atoms with Crippen LogP contribution in [0.2, 0.25) is 0 Å². The van der Waals surface area contributed by atoms with Gasteiger partial charge in [-0.1, -0.05) is 12.1 Å². The molecule has 0 aromatic heterocycles. The fourth-order valence-corrected chi connectivity index (χ4v) is 2.81. The van der Waals surface area contributed by atoms with Crippen LogP contribution in [-0.4, -0.2) is 37.2 Å². The van der Waals surface area contributed by atoms with Gasteiger partial charge in [-0.2, -0.15) is 0 Å². The molecule has 2 aliphatic heterocycles. The van der Waals surface area contributed by atoms with Crippen LogP contribution in [0.4, 0.5) is 5.69 Å². The summed E-state index contributed by atoms with van der Waals surface area (Å²) in [5.74, 6) is 0.181. The third kappa shape index (κ3) is 1.25. The third-order valence-corrected chi connectivity index (χ3v) is 3.81. The summed E-state index contributed by atoms with van der Waals surface area (Å²) < 4.78 is 0. The second-order valence-electron chi connectivity index (χ2n) is 4.96. The molecular weight excluding hydrogens is 199 g/mol. The number of hydrogen-bond acceptors (Lipinski definition) is 2. The van der Waals surface area contributed by atoms with Gasteiger partial charge in [0.2, 0.25) is 0 Å². The van der Waals surface area contributed by atoms with Crippen molar-refractivity contribution in [3.8, 4) is 0 Å². The van der Waals surface area contributed by atoms with Crippen LogP contribution in [0.25, 0.3) is 0 Å². The van der Waals surface area contributed by atoms with Gasteiger partial charge in [0, 0.05) is 24.2 Å². The molecule has 4 heteroatoms. The predicted molar refractivity (Wildman–Crippen MR) is 66.5 cm³/mol. The number of nitrogens with one attached hydrogen (secondary N) is 1. The zero-order chi connectivity index (χ0) is 11.2. The summed E-state index contributed by atoms with van der Waals surface area (Å²) in [6.45, 7) is 1.75. The lowest BCUT2D eigenvalue weighted by Gasteiger charge is -2.33. The maximum Gasteiger partial charge on any atom is 0.255 e. The maximum atomic E-state index is 12.4. The van der Waals surface area contributed by atoms with E-state index in [0.29, 0.717) is 0 Å². The normalized spacial score (nSPS) is 28.0. The molecule has 3 nitrogen and oxygen atoms in total. The van der Waals surface area contributed by atoms with Crippen LogP contribution in [0.5, 0.6) is 0 Å². The van der Waals surface area contributed by atoms with E-state index in [9.17, 15) is 4.79 Å². The lowest BCUT2D eigenvalue weighted by atomic mass is 9.75. The monoisotopic (exact) mass is 214 g/mol. The number of anilines is 1. The highest BCUT2D eigenvalue weighted by atomic mass is 16.2. The average molecular weight is 214 g/mol. The molecular formula is C12H15BN2O. The molecule has 1 fully saturated rings. The number of carbonyl (C=O) groups is 1. The molecule has 1 aromatic carbocycles. The number of fused-ring (bicyclic) bond motifs is 2. The summed E-state index contributed by atoms with van der Waals surface area (Å²) in [5, 5.41) is 3.40. The molecule has 0 saturated carbocycles. The van der Waals surface area contributed by atoms with E-state index in [2.05, 4.69) is 13.2 Å². The molecule has 0 radical (unpaired) electrons. The number of amides is 1. The Balaban J connectivity index is 2.08. The van der Waals surface area contributed by atoms with E-state index in [0.717, 1.165) is 37.2 Å². The molecule has 2 aliphatic rings. The van der Waals surface area contributed by atoms with Crippen molar-refractivity contribution < 1.29 is 4.79 Å². The molecule has 1 unspecified atom stereocenters. The summed E-state index contributed by atoms with van der Waals surface area (Å²) in [4.78, 5) is 14.4. The van der Waals surface area contributed by atoms with Crippen molar-refractivity contribution in [3.63, 3.8) is 0 Å². The SMILES string of the molecule is BC12CCCN1C(=O)c1ccccc1NC2. The van der Waals surface area contributed by atoms with E-state index in [1.165, 1.54) is 0 Å². The summed E-state index contributed by atoms with van der Waals surface area (Å²) >= 11 is 0. The number of hydrogen-bond donors (Lipinski definition) is 1. The van der Waals surface area contributed by atoms with Crippen LogP contribution in [-0.2, 0) is 0 Å². The molecule has 1 aromatic rings. The van der Waals surface area contributed by atoms with Crippen LogP contribution in [0.3, 0.4) is 0 Å². The fourth-order valence-electron chi connectivity index (χ4n) is 2.81. The fraction of sp³-hybridized carbons (Fsp3) is 0.417. The maximum absolute atomic E-state index is 12.4. The van der Waals surface area contributed by atoms with Crippen molar-refractivity contribution in [2.75, 3.05) is 18.4 Å². The van der Waals surface area contributed by atoms with Gasteiger partial charge >= 0.3 is 0 Å². The van der Waals surface area contributed by atoms with Gasteiger partial charge in [0.25, 0.3) is 5.91 Å². The first kappa shape index (κ1) is 9.76. The standard InChI is InChI=1S/C12H15BN2O/c13-12-6-3-7-15(12)11(16)9-4-1-2-5-10(9)14-8-12/h1-2,4-5,14H,3,6-8,13H2. The minimum atomic E-state index is -0.00387. The first-order valence-electron chi connectivity index (χ1n) is 5.86. The lowest BCUT2D eigenvalue weighted by Crippen LogP contribution is -2.50. The van der Waals surface area contributed by atoms with Gasteiger partial charge in [-0.15, -0.1) is 0 Å². The van der Waals surface area contributed by atoms with Crippen molar-refractivity contribution in [2.45, 2.75) is 18.3 Å². The van der Waals surface area contributed by atoms with Gasteiger partial charge in [0.05, 0.1) is 5.56 Å². The summed E-state index contributed by atoms with van der Waals surface area (Å²) in [7, 11) is 2.18. The first-order chi connectivity index (χ1) is 7.71. The zero-order valence-corrected chi connectivity index (χ0v) is 9.49. The quantitative estimate of drug-likeness (QED) is 0.644. The number of benzene rings is 1. The number of para-hydroxylation sites is 1. The first-order valence-corrected chi connectivity index (χ1v) is 5.86. The van der Waals surface area contributed by atoms with Gasteiger partial charge in [-0.3, -0.25) is 4.79 Å². The highest BCUT2D eigenvalue weighted by Gasteiger charge is 2.41. The number of nitrogens with zero attached hydrogens (tertiary/aromatic N) is 1. The molecule has 1 saturated heterocycles. The van der Waals surface area contributed by atoms with E-state index in [-0.39, 0.29) is 11.3 Å². The molecule has 82 valence electrons. The van der Waals surface area contributed by atoms with Crippen LogP contribution in [0.1, 0.15) is 23.2 Å². The third-order valence-electron chi connectivity index (χ3n) is 3.81. The van der Waals surface area contributed by atoms with Gasteiger partial charge in [-0.05, 0) is 25.0 Å². The Hall–Kier alpha value is -1.45. The van der Waals surface area contributed by atoms with E-state index in [4.69, 9.17) is 0 Å². The second-order valence-corrected chi connectivity index (χ2v) is 4.96. The van der Waals surface area contributed by atoms with Crippen LogP contribution in [0.15, 0.2) is 24.3 Å². The van der Waals surface area contributed by atoms with E-state index in [1.807, 2.05) is 29.2 Å². The van der Waals surface area contributed by atoms with Crippen molar-refractivity contribution in [1.29, 1.82) is 0 Å². The summed E-state index contributed by atoms with van der Waals surface area (Å²) in [5.41, 5.74) is 1.78. The smallest absolute Gasteiger partial charge is 0.255 e. The lowest BCUT2D eigenvalue weighted by molar-refractivity contribution is 0.0719. The van der Waals surface area contributed by atoms with Crippen LogP contribution < -0.4 is 5.32 Å². The van der Waals surface area contributed by atoms with E-state index in [1.54, 1.807) is 0 Å². The van der Waals surface area contributed by atoms with E-state index >= 15 is 0 Å². The minimum Gasteiger partial charge on any atom is -0.383 e. The molecule has 1 N–H and O–H groups in total. The van der Waals surface area contributed by atoms with E-state index < -0.39 is 0 Å². The largest absolute Gasteiger partial charge is 0.383 e. The summed E-state index contributed by atoms with van der Waals surface area (Å²) in [6.07, 6.45) is 2.21. The second kappa shape index (κ2) is 3.27. The predicted octanol–water partition coefficient (Wildman–Crippen LogP) is 0.677. The molecule has 0 aliphatic carbocycles. The minimum absolute atomic E-state index is 0.00387. The molecule has 0 spiro atoms. The Morgan fingerprint density at radius 3 is 3.06 bits per heavy atom. The van der Waals surface area contributed by atoms with Crippen molar-refractivity contribution in [1.82, 2.24) is 4.90 Å². The zero-order valence-electron chi connectivity index (χ0n) is 9.49. The Bertz CT molecular complexity index is 448. The summed E-state index contributed by atoms with van der Waals surface area (Å²) in [6, 6.07) is 7.79. The number of rotatable bonds is 0. The molecule has 3 rings (SSSR count). The van der Waals surface area contributed by atoms with Crippen LogP contribution >= 0.6 is 0 Å². The van der Waals surface area contributed by atoms with Gasteiger partial charge in [-0.25, -0.2) is 0 Å². The Morgan fingerprint density at radius 1 is 1.38 bits per heavy atom.